The number of fused-ring (bicyclic) bond motifs is 1. The van der Waals surface area contributed by atoms with Gasteiger partial charge in [-0.25, -0.2) is 0 Å². The third-order valence-corrected chi connectivity index (χ3v) is 3.44. The van der Waals surface area contributed by atoms with Crippen LogP contribution in [0.1, 0.15) is 45.2 Å². The first kappa shape index (κ1) is 14.6. The average Bonchev–Trinajstić information content (AvgIpc) is 2.78. The van der Waals surface area contributed by atoms with Crippen LogP contribution in [-0.4, -0.2) is 12.5 Å². The molecule has 108 valence electrons. The van der Waals surface area contributed by atoms with Crippen LogP contribution in [0.5, 0.6) is 0 Å². The highest BCUT2D eigenvalue weighted by molar-refractivity contribution is 5.88. The SMILES string of the molecule is CCCNC(=O)Cc1coc2ccc(C(C)(C)C)cc12. The van der Waals surface area contributed by atoms with Crippen molar-refractivity contribution >= 4 is 16.9 Å². The number of carbonyl (C=O) groups excluding carboxylic acids is 1. The molecule has 0 bridgehead atoms. The molecule has 20 heavy (non-hydrogen) atoms. The number of carbonyl (C=O) groups is 1. The quantitative estimate of drug-likeness (QED) is 0.920. The molecule has 0 radical (unpaired) electrons. The summed E-state index contributed by atoms with van der Waals surface area (Å²) in [6.07, 6.45) is 3.02. The molecule has 0 fully saturated rings. The Balaban J connectivity index is 2.28. The predicted octanol–water partition coefficient (Wildman–Crippen LogP) is 3.80. The highest BCUT2D eigenvalue weighted by Gasteiger charge is 2.16. The van der Waals surface area contributed by atoms with Gasteiger partial charge >= 0.3 is 0 Å². The molecule has 2 rings (SSSR count). The van der Waals surface area contributed by atoms with Crippen LogP contribution in [0.25, 0.3) is 11.0 Å². The van der Waals surface area contributed by atoms with Gasteiger partial charge in [-0.15, -0.1) is 0 Å². The van der Waals surface area contributed by atoms with Gasteiger partial charge < -0.3 is 9.73 Å². The molecular formula is C17H23NO2. The van der Waals surface area contributed by atoms with Crippen LogP contribution in [0.3, 0.4) is 0 Å². The Bertz CT molecular complexity index is 605. The summed E-state index contributed by atoms with van der Waals surface area (Å²) >= 11 is 0. The molecule has 0 saturated carbocycles. The maximum Gasteiger partial charge on any atom is 0.224 e. The molecule has 1 heterocycles. The molecule has 0 aliphatic heterocycles. The Hall–Kier alpha value is -1.77. The van der Waals surface area contributed by atoms with Crippen molar-refractivity contribution in [3.63, 3.8) is 0 Å². The summed E-state index contributed by atoms with van der Waals surface area (Å²) in [5.74, 6) is 0.0516. The second-order valence-corrected chi connectivity index (χ2v) is 6.25. The Morgan fingerprint density at radius 1 is 1.30 bits per heavy atom. The van der Waals surface area contributed by atoms with E-state index >= 15 is 0 Å². The van der Waals surface area contributed by atoms with E-state index in [0.717, 1.165) is 29.5 Å². The summed E-state index contributed by atoms with van der Waals surface area (Å²) in [7, 11) is 0. The van der Waals surface area contributed by atoms with Gasteiger partial charge in [-0.05, 0) is 29.5 Å². The summed E-state index contributed by atoms with van der Waals surface area (Å²) in [6.45, 7) is 9.32. The van der Waals surface area contributed by atoms with Gasteiger partial charge in [-0.3, -0.25) is 4.79 Å². The Labute approximate surface area is 120 Å². The van der Waals surface area contributed by atoms with E-state index in [1.807, 2.05) is 13.0 Å². The zero-order chi connectivity index (χ0) is 14.8. The van der Waals surface area contributed by atoms with Crippen molar-refractivity contribution in [3.05, 3.63) is 35.6 Å². The standard InChI is InChI=1S/C17H23NO2/c1-5-8-18-16(19)9-12-11-20-15-7-6-13(10-14(12)15)17(2,3)4/h6-7,10-11H,5,8-9H2,1-4H3,(H,18,19). The lowest BCUT2D eigenvalue weighted by Crippen LogP contribution is -2.25. The van der Waals surface area contributed by atoms with Gasteiger partial charge in [0.1, 0.15) is 5.58 Å². The molecule has 0 unspecified atom stereocenters. The van der Waals surface area contributed by atoms with Crippen LogP contribution in [0.2, 0.25) is 0 Å². The first-order valence-electron chi connectivity index (χ1n) is 7.19. The third-order valence-electron chi connectivity index (χ3n) is 3.44. The normalized spacial score (nSPS) is 11.8. The van der Waals surface area contributed by atoms with Gasteiger partial charge in [0.25, 0.3) is 0 Å². The summed E-state index contributed by atoms with van der Waals surface area (Å²) in [4.78, 5) is 11.8. The van der Waals surface area contributed by atoms with Gasteiger partial charge in [-0.2, -0.15) is 0 Å². The Kier molecular flexibility index (Phi) is 4.17. The largest absolute Gasteiger partial charge is 0.464 e. The minimum atomic E-state index is 0.0516. The van der Waals surface area contributed by atoms with E-state index in [1.165, 1.54) is 5.56 Å². The van der Waals surface area contributed by atoms with Crippen molar-refractivity contribution in [1.82, 2.24) is 5.32 Å². The van der Waals surface area contributed by atoms with Crippen LogP contribution in [0.15, 0.2) is 28.9 Å². The fraction of sp³-hybridized carbons (Fsp3) is 0.471. The van der Waals surface area contributed by atoms with E-state index in [9.17, 15) is 4.79 Å². The van der Waals surface area contributed by atoms with E-state index in [4.69, 9.17) is 4.42 Å². The van der Waals surface area contributed by atoms with Crippen LogP contribution in [-0.2, 0) is 16.6 Å². The van der Waals surface area contributed by atoms with Crippen LogP contribution in [0.4, 0.5) is 0 Å². The maximum absolute atomic E-state index is 11.8. The van der Waals surface area contributed by atoms with Crippen molar-refractivity contribution in [2.45, 2.75) is 46.0 Å². The van der Waals surface area contributed by atoms with Crippen LogP contribution in [0, 0.1) is 0 Å². The molecular weight excluding hydrogens is 250 g/mol. The Morgan fingerprint density at radius 2 is 2.05 bits per heavy atom. The summed E-state index contributed by atoms with van der Waals surface area (Å²) in [5, 5.41) is 3.94. The molecule has 2 aromatic rings. The third kappa shape index (κ3) is 3.21. The number of amides is 1. The lowest BCUT2D eigenvalue weighted by atomic mass is 9.86. The van der Waals surface area contributed by atoms with Crippen molar-refractivity contribution in [3.8, 4) is 0 Å². The lowest BCUT2D eigenvalue weighted by molar-refractivity contribution is -0.120. The molecule has 0 aliphatic rings. The second-order valence-electron chi connectivity index (χ2n) is 6.25. The van der Waals surface area contributed by atoms with Crippen molar-refractivity contribution in [1.29, 1.82) is 0 Å². The molecule has 3 heteroatoms. The summed E-state index contributed by atoms with van der Waals surface area (Å²) < 4.78 is 5.54. The highest BCUT2D eigenvalue weighted by atomic mass is 16.3. The molecule has 0 atom stereocenters. The molecule has 0 aliphatic carbocycles. The van der Waals surface area contributed by atoms with Gasteiger partial charge in [-0.1, -0.05) is 33.8 Å². The minimum Gasteiger partial charge on any atom is -0.464 e. The number of hydrogen-bond acceptors (Lipinski definition) is 2. The highest BCUT2D eigenvalue weighted by Crippen LogP contribution is 2.29. The van der Waals surface area contributed by atoms with Crippen LogP contribution < -0.4 is 5.32 Å². The monoisotopic (exact) mass is 273 g/mol. The average molecular weight is 273 g/mol. The first-order chi connectivity index (χ1) is 9.41. The van der Waals surface area contributed by atoms with Crippen LogP contribution >= 0.6 is 0 Å². The molecule has 1 aromatic carbocycles. The summed E-state index contributed by atoms with van der Waals surface area (Å²) in [6, 6.07) is 6.22. The number of nitrogens with one attached hydrogen (secondary N) is 1. The zero-order valence-corrected chi connectivity index (χ0v) is 12.7. The van der Waals surface area contributed by atoms with Gasteiger partial charge in [0.05, 0.1) is 12.7 Å². The summed E-state index contributed by atoms with van der Waals surface area (Å²) in [5.41, 5.74) is 3.14. The number of rotatable bonds is 4. The van der Waals surface area contributed by atoms with Crippen molar-refractivity contribution in [2.24, 2.45) is 0 Å². The van der Waals surface area contributed by atoms with E-state index in [-0.39, 0.29) is 11.3 Å². The predicted molar refractivity (Wildman–Crippen MR) is 81.9 cm³/mol. The van der Waals surface area contributed by atoms with E-state index < -0.39 is 0 Å². The van der Waals surface area contributed by atoms with Gasteiger partial charge in [0.2, 0.25) is 5.91 Å². The van der Waals surface area contributed by atoms with Crippen molar-refractivity contribution < 1.29 is 9.21 Å². The van der Waals surface area contributed by atoms with Gasteiger partial charge in [0.15, 0.2) is 0 Å². The maximum atomic E-state index is 11.8. The minimum absolute atomic E-state index is 0.0516. The number of benzene rings is 1. The fourth-order valence-electron chi connectivity index (χ4n) is 2.19. The number of furan rings is 1. The zero-order valence-electron chi connectivity index (χ0n) is 12.7. The molecule has 1 amide bonds. The molecule has 3 nitrogen and oxygen atoms in total. The smallest absolute Gasteiger partial charge is 0.224 e. The van der Waals surface area contributed by atoms with E-state index in [0.29, 0.717) is 6.42 Å². The molecule has 1 aromatic heterocycles. The molecule has 0 saturated heterocycles. The lowest BCUT2D eigenvalue weighted by Gasteiger charge is -2.18. The molecule has 0 spiro atoms. The number of hydrogen-bond donors (Lipinski definition) is 1. The van der Waals surface area contributed by atoms with Gasteiger partial charge in [0, 0.05) is 17.5 Å². The first-order valence-corrected chi connectivity index (χ1v) is 7.19. The van der Waals surface area contributed by atoms with E-state index in [2.05, 4.69) is 38.2 Å². The fourth-order valence-corrected chi connectivity index (χ4v) is 2.19. The topological polar surface area (TPSA) is 42.2 Å². The molecule has 1 N–H and O–H groups in total. The van der Waals surface area contributed by atoms with Crippen molar-refractivity contribution in [2.75, 3.05) is 6.54 Å². The Morgan fingerprint density at radius 3 is 2.70 bits per heavy atom. The second kappa shape index (κ2) is 5.70. The van der Waals surface area contributed by atoms with E-state index in [1.54, 1.807) is 6.26 Å².